The Morgan fingerprint density at radius 3 is 2.63 bits per heavy atom. The maximum absolute atomic E-state index is 12.8. The Morgan fingerprint density at radius 1 is 1.23 bits per heavy atom. The third kappa shape index (κ3) is 6.70. The summed E-state index contributed by atoms with van der Waals surface area (Å²) in [7, 11) is 0. The van der Waals surface area contributed by atoms with Crippen LogP contribution in [0.3, 0.4) is 0 Å². The lowest BCUT2D eigenvalue weighted by Gasteiger charge is -2.38. The third-order valence-corrected chi connectivity index (χ3v) is 7.64. The van der Waals surface area contributed by atoms with Crippen LogP contribution in [0, 0.1) is 0 Å². The van der Waals surface area contributed by atoms with Gasteiger partial charge in [-0.15, -0.1) is 0 Å². The summed E-state index contributed by atoms with van der Waals surface area (Å²) in [5.74, 6) is 0.832. The fourth-order valence-corrected chi connectivity index (χ4v) is 5.23. The monoisotopic (exact) mass is 481 g/mol. The molecule has 190 valence electrons. The summed E-state index contributed by atoms with van der Waals surface area (Å²) in [6, 6.07) is 12.2. The van der Waals surface area contributed by atoms with Crippen LogP contribution < -0.4 is 10.9 Å². The minimum absolute atomic E-state index is 0.112. The van der Waals surface area contributed by atoms with Crippen LogP contribution in [0.2, 0.25) is 0 Å². The molecule has 35 heavy (non-hydrogen) atoms. The van der Waals surface area contributed by atoms with Crippen molar-refractivity contribution in [1.29, 1.82) is 0 Å². The maximum atomic E-state index is 12.8. The number of nitrogens with zero attached hydrogens (tertiary/aromatic N) is 4. The fourth-order valence-electron chi connectivity index (χ4n) is 5.23. The Kier molecular flexibility index (Phi) is 8.23. The van der Waals surface area contributed by atoms with Gasteiger partial charge in [0.05, 0.1) is 18.5 Å². The van der Waals surface area contributed by atoms with Gasteiger partial charge in [-0.1, -0.05) is 37.3 Å². The average molecular weight is 482 g/mol. The van der Waals surface area contributed by atoms with Gasteiger partial charge < -0.3 is 15.3 Å². The number of rotatable bonds is 9. The van der Waals surface area contributed by atoms with E-state index in [9.17, 15) is 14.7 Å². The number of likely N-dealkylation sites (tertiary alicyclic amines) is 2. The van der Waals surface area contributed by atoms with Crippen LogP contribution in [0.4, 0.5) is 5.82 Å². The number of benzene rings is 1. The lowest BCUT2D eigenvalue weighted by Crippen LogP contribution is -2.49. The first-order valence-electron chi connectivity index (χ1n) is 12.9. The van der Waals surface area contributed by atoms with Gasteiger partial charge in [0.1, 0.15) is 5.82 Å². The van der Waals surface area contributed by atoms with E-state index in [1.807, 2.05) is 35.2 Å². The van der Waals surface area contributed by atoms with Gasteiger partial charge in [0.25, 0.3) is 5.56 Å². The zero-order valence-electron chi connectivity index (χ0n) is 21.0. The van der Waals surface area contributed by atoms with E-state index in [0.29, 0.717) is 44.2 Å². The molecule has 4 rings (SSSR count). The van der Waals surface area contributed by atoms with E-state index < -0.39 is 5.60 Å². The molecular formula is C27H39N5O3. The first kappa shape index (κ1) is 25.4. The second-order valence-electron chi connectivity index (χ2n) is 10.3. The topological polar surface area (TPSA) is 90.7 Å². The van der Waals surface area contributed by atoms with Gasteiger partial charge in [0, 0.05) is 44.7 Å². The molecule has 8 heteroatoms. The molecule has 0 spiro atoms. The number of aromatic nitrogens is 2. The van der Waals surface area contributed by atoms with Gasteiger partial charge >= 0.3 is 0 Å². The van der Waals surface area contributed by atoms with E-state index in [4.69, 9.17) is 0 Å². The zero-order valence-corrected chi connectivity index (χ0v) is 21.0. The number of aliphatic hydroxyl groups is 1. The molecule has 8 nitrogen and oxygen atoms in total. The van der Waals surface area contributed by atoms with E-state index >= 15 is 0 Å². The number of carbonyl (C=O) groups excluding carboxylic acids is 1. The molecular weight excluding hydrogens is 442 g/mol. The molecule has 2 aliphatic rings. The summed E-state index contributed by atoms with van der Waals surface area (Å²) in [4.78, 5) is 34.1. The maximum Gasteiger partial charge on any atom is 0.255 e. The summed E-state index contributed by atoms with van der Waals surface area (Å²) in [5.41, 5.74) is -0.0424. The Hall–Kier alpha value is -2.71. The molecule has 2 aliphatic heterocycles. The third-order valence-electron chi connectivity index (χ3n) is 7.64. The number of piperidine rings is 1. The predicted molar refractivity (Wildman–Crippen MR) is 137 cm³/mol. The predicted octanol–water partition coefficient (Wildman–Crippen LogP) is 2.69. The van der Waals surface area contributed by atoms with Crippen LogP contribution in [0.1, 0.15) is 57.4 Å². The van der Waals surface area contributed by atoms with Gasteiger partial charge in [-0.05, 0) is 50.6 Å². The lowest BCUT2D eigenvalue weighted by atomic mass is 9.90. The molecule has 3 heterocycles. The highest BCUT2D eigenvalue weighted by Gasteiger charge is 2.35. The first-order chi connectivity index (χ1) is 16.8. The first-order valence-corrected chi connectivity index (χ1v) is 12.9. The average Bonchev–Trinajstić information content (AvgIpc) is 3.26. The van der Waals surface area contributed by atoms with Crippen LogP contribution in [0.25, 0.3) is 0 Å². The molecule has 2 fully saturated rings. The highest BCUT2D eigenvalue weighted by Crippen LogP contribution is 2.26. The van der Waals surface area contributed by atoms with Gasteiger partial charge in [0.2, 0.25) is 5.91 Å². The van der Waals surface area contributed by atoms with Gasteiger partial charge in [-0.3, -0.25) is 19.1 Å². The summed E-state index contributed by atoms with van der Waals surface area (Å²) in [6.07, 6.45) is 5.35. The number of anilines is 1. The highest BCUT2D eigenvalue weighted by atomic mass is 16.3. The van der Waals surface area contributed by atoms with Gasteiger partial charge in [-0.25, -0.2) is 4.98 Å². The van der Waals surface area contributed by atoms with Crippen LogP contribution in [0.5, 0.6) is 0 Å². The number of hydrogen-bond acceptors (Lipinski definition) is 6. The molecule has 0 aliphatic carbocycles. The van der Waals surface area contributed by atoms with Gasteiger partial charge in [0.15, 0.2) is 0 Å². The largest absolute Gasteiger partial charge is 0.388 e. The minimum atomic E-state index is -1.02. The van der Waals surface area contributed by atoms with Crippen molar-refractivity contribution in [3.05, 3.63) is 58.6 Å². The summed E-state index contributed by atoms with van der Waals surface area (Å²) >= 11 is 0. The molecule has 1 unspecified atom stereocenters. The number of nitrogens with one attached hydrogen (secondary N) is 1. The summed E-state index contributed by atoms with van der Waals surface area (Å²) in [5, 5.41) is 14.4. The van der Waals surface area contributed by atoms with Crippen molar-refractivity contribution in [3.8, 4) is 0 Å². The molecule has 1 amide bonds. The van der Waals surface area contributed by atoms with Crippen molar-refractivity contribution in [2.45, 2.75) is 70.1 Å². The van der Waals surface area contributed by atoms with Crippen LogP contribution in [-0.4, -0.2) is 74.7 Å². The second-order valence-corrected chi connectivity index (χ2v) is 10.3. The Morgan fingerprint density at radius 2 is 1.97 bits per heavy atom. The van der Waals surface area contributed by atoms with Crippen LogP contribution in [-0.2, 0) is 11.3 Å². The highest BCUT2D eigenvalue weighted by molar-refractivity contribution is 5.77. The summed E-state index contributed by atoms with van der Waals surface area (Å²) < 4.78 is 1.47. The molecule has 1 aromatic heterocycles. The smallest absolute Gasteiger partial charge is 0.255 e. The fraction of sp³-hybridized carbons (Fsp3) is 0.593. The Labute approximate surface area is 208 Å². The van der Waals surface area contributed by atoms with Crippen molar-refractivity contribution in [1.82, 2.24) is 19.4 Å². The van der Waals surface area contributed by atoms with Crippen molar-refractivity contribution in [2.75, 3.05) is 38.0 Å². The molecule has 0 saturated carbocycles. The number of hydrogen-bond donors (Lipinski definition) is 2. The van der Waals surface area contributed by atoms with Crippen LogP contribution >= 0.6 is 0 Å². The molecule has 2 aromatic rings. The van der Waals surface area contributed by atoms with E-state index in [1.54, 1.807) is 0 Å². The van der Waals surface area contributed by atoms with Crippen molar-refractivity contribution >= 4 is 11.7 Å². The minimum Gasteiger partial charge on any atom is -0.388 e. The molecule has 0 radical (unpaired) electrons. The van der Waals surface area contributed by atoms with E-state index in [2.05, 4.69) is 29.0 Å². The van der Waals surface area contributed by atoms with E-state index in [1.165, 1.54) is 29.8 Å². The van der Waals surface area contributed by atoms with Crippen molar-refractivity contribution in [3.63, 3.8) is 0 Å². The zero-order chi connectivity index (χ0) is 24.8. The standard InChI is InChI=1S/C27H39N5O3/c1-21(23-8-4-3-5-9-23)17-25(33)31-14-10-27(35,11-15-31)19-32-20-29-24(18-26(32)34)28-12-16-30-13-6-7-22(30)2/h3-5,8-9,18,20-22,28,35H,6-7,10-17,19H2,1-2H3/t21?,22-/m0/s1. The molecule has 0 bridgehead atoms. The molecule has 2 N–H and O–H groups in total. The van der Waals surface area contributed by atoms with Gasteiger partial charge in [-0.2, -0.15) is 0 Å². The normalized spacial score (nSPS) is 21.1. The summed E-state index contributed by atoms with van der Waals surface area (Å²) in [6.45, 7) is 8.31. The lowest BCUT2D eigenvalue weighted by molar-refractivity contribution is -0.136. The number of amides is 1. The Balaban J connectivity index is 1.25. The molecule has 2 saturated heterocycles. The number of carbonyl (C=O) groups is 1. The van der Waals surface area contributed by atoms with E-state index in [0.717, 1.165) is 25.2 Å². The SMILES string of the molecule is CC(CC(=O)N1CCC(O)(Cn2cnc(NCCN3CCC[C@@H]3C)cc2=O)CC1)c1ccccc1. The Bertz CT molecular complexity index is 1030. The van der Waals surface area contributed by atoms with Crippen molar-refractivity contribution in [2.24, 2.45) is 0 Å². The molecule has 1 aromatic carbocycles. The van der Waals surface area contributed by atoms with Crippen LogP contribution in [0.15, 0.2) is 47.5 Å². The van der Waals surface area contributed by atoms with E-state index in [-0.39, 0.29) is 23.9 Å². The van der Waals surface area contributed by atoms with Crippen molar-refractivity contribution < 1.29 is 9.90 Å². The second kappa shape index (κ2) is 11.4. The molecule has 2 atom stereocenters. The quantitative estimate of drug-likeness (QED) is 0.572.